The predicted molar refractivity (Wildman–Crippen MR) is 74.9 cm³/mol. The Balaban J connectivity index is 1.75. The maximum absolute atomic E-state index is 3.68. The smallest absolute Gasteiger partial charge is 0.0302 e. The van der Waals surface area contributed by atoms with Crippen LogP contribution in [0.25, 0.3) is 0 Å². The zero-order chi connectivity index (χ0) is 11.6. The van der Waals surface area contributed by atoms with E-state index in [1.165, 1.54) is 35.0 Å². The van der Waals surface area contributed by atoms with Crippen LogP contribution in [0, 0.1) is 5.41 Å². The van der Waals surface area contributed by atoms with Crippen LogP contribution in [0.2, 0.25) is 0 Å². The second kappa shape index (κ2) is 5.19. The number of halogens is 1. The van der Waals surface area contributed by atoms with Crippen molar-refractivity contribution in [1.82, 2.24) is 5.32 Å². The summed E-state index contributed by atoms with van der Waals surface area (Å²) in [4.78, 5) is 1.43. The van der Waals surface area contributed by atoms with E-state index in [1.54, 1.807) is 0 Å². The van der Waals surface area contributed by atoms with Gasteiger partial charge in [0, 0.05) is 27.3 Å². The SMILES string of the molecule is CC1(C)CCC(NCc2cc(Br)cs2)CC1. The molecule has 1 saturated carbocycles. The Morgan fingerprint density at radius 2 is 2.12 bits per heavy atom. The van der Waals surface area contributed by atoms with Crippen molar-refractivity contribution in [3.63, 3.8) is 0 Å². The number of hydrogen-bond acceptors (Lipinski definition) is 2. The van der Waals surface area contributed by atoms with Crippen molar-refractivity contribution >= 4 is 27.3 Å². The fraction of sp³-hybridized carbons (Fsp3) is 0.692. The Morgan fingerprint density at radius 3 is 2.69 bits per heavy atom. The van der Waals surface area contributed by atoms with Crippen molar-refractivity contribution in [1.29, 1.82) is 0 Å². The highest BCUT2D eigenvalue weighted by atomic mass is 79.9. The topological polar surface area (TPSA) is 12.0 Å². The zero-order valence-electron chi connectivity index (χ0n) is 10.1. The van der Waals surface area contributed by atoms with Gasteiger partial charge in [-0.3, -0.25) is 0 Å². The molecule has 1 aromatic heterocycles. The molecule has 1 aliphatic rings. The average Bonchev–Trinajstić information content (AvgIpc) is 2.63. The quantitative estimate of drug-likeness (QED) is 0.862. The normalized spacial score (nSPS) is 21.2. The third kappa shape index (κ3) is 3.57. The van der Waals surface area contributed by atoms with Gasteiger partial charge in [0.15, 0.2) is 0 Å². The van der Waals surface area contributed by atoms with E-state index in [2.05, 4.69) is 46.5 Å². The molecule has 0 spiro atoms. The Labute approximate surface area is 111 Å². The molecule has 2 rings (SSSR count). The molecular formula is C13H20BrNS. The monoisotopic (exact) mass is 301 g/mol. The maximum Gasteiger partial charge on any atom is 0.0302 e. The molecule has 3 heteroatoms. The lowest BCUT2D eigenvalue weighted by atomic mass is 9.75. The minimum Gasteiger partial charge on any atom is -0.309 e. The van der Waals surface area contributed by atoms with Crippen LogP contribution < -0.4 is 5.32 Å². The van der Waals surface area contributed by atoms with Crippen LogP contribution in [0.4, 0.5) is 0 Å². The molecular weight excluding hydrogens is 282 g/mol. The first kappa shape index (κ1) is 12.6. The molecule has 0 amide bonds. The van der Waals surface area contributed by atoms with Gasteiger partial charge in [-0.15, -0.1) is 11.3 Å². The molecule has 1 aromatic rings. The van der Waals surface area contributed by atoms with Crippen molar-refractivity contribution in [2.45, 2.75) is 52.1 Å². The van der Waals surface area contributed by atoms with E-state index < -0.39 is 0 Å². The molecule has 0 radical (unpaired) electrons. The first-order valence-corrected chi connectivity index (χ1v) is 7.69. The third-order valence-electron chi connectivity index (χ3n) is 3.53. The molecule has 1 heterocycles. The molecule has 90 valence electrons. The van der Waals surface area contributed by atoms with E-state index in [4.69, 9.17) is 0 Å². The third-order valence-corrected chi connectivity index (χ3v) is 5.22. The zero-order valence-corrected chi connectivity index (χ0v) is 12.5. The minimum atomic E-state index is 0.574. The summed E-state index contributed by atoms with van der Waals surface area (Å²) in [6.07, 6.45) is 5.39. The lowest BCUT2D eigenvalue weighted by Crippen LogP contribution is -2.34. The molecule has 1 aliphatic carbocycles. The van der Waals surface area contributed by atoms with E-state index in [-0.39, 0.29) is 0 Å². The van der Waals surface area contributed by atoms with Crippen molar-refractivity contribution in [2.75, 3.05) is 0 Å². The van der Waals surface area contributed by atoms with E-state index in [1.807, 2.05) is 11.3 Å². The van der Waals surface area contributed by atoms with E-state index in [0.29, 0.717) is 5.41 Å². The molecule has 0 atom stereocenters. The average molecular weight is 302 g/mol. The number of hydrogen-bond donors (Lipinski definition) is 1. The molecule has 16 heavy (non-hydrogen) atoms. The van der Waals surface area contributed by atoms with Crippen LogP contribution in [0.3, 0.4) is 0 Å². The number of thiophene rings is 1. The van der Waals surface area contributed by atoms with Gasteiger partial charge in [0.05, 0.1) is 0 Å². The first-order valence-electron chi connectivity index (χ1n) is 6.01. The molecule has 0 aliphatic heterocycles. The first-order chi connectivity index (χ1) is 7.55. The van der Waals surface area contributed by atoms with E-state index in [0.717, 1.165) is 12.6 Å². The summed E-state index contributed by atoms with van der Waals surface area (Å²) in [5.74, 6) is 0. The molecule has 1 fully saturated rings. The van der Waals surface area contributed by atoms with Crippen molar-refractivity contribution < 1.29 is 0 Å². The molecule has 1 nitrogen and oxygen atoms in total. The number of rotatable bonds is 3. The summed E-state index contributed by atoms with van der Waals surface area (Å²) in [6, 6.07) is 2.94. The molecule has 0 saturated heterocycles. The van der Waals surface area contributed by atoms with Crippen molar-refractivity contribution in [3.05, 3.63) is 20.8 Å². The largest absolute Gasteiger partial charge is 0.309 e. The summed E-state index contributed by atoms with van der Waals surface area (Å²) in [7, 11) is 0. The maximum atomic E-state index is 3.68. The highest BCUT2D eigenvalue weighted by Crippen LogP contribution is 2.35. The molecule has 0 aromatic carbocycles. The highest BCUT2D eigenvalue weighted by molar-refractivity contribution is 9.10. The Bertz CT molecular complexity index is 335. The van der Waals surface area contributed by atoms with Gasteiger partial charge in [-0.05, 0) is 53.1 Å². The van der Waals surface area contributed by atoms with Crippen molar-refractivity contribution in [3.8, 4) is 0 Å². The fourth-order valence-corrected chi connectivity index (χ4v) is 3.70. The van der Waals surface area contributed by atoms with Gasteiger partial charge in [-0.25, -0.2) is 0 Å². The molecule has 0 unspecified atom stereocenters. The Hall–Kier alpha value is 0.140. The summed E-state index contributed by atoms with van der Waals surface area (Å²) >= 11 is 5.32. The van der Waals surface area contributed by atoms with Gasteiger partial charge < -0.3 is 5.32 Å². The lowest BCUT2D eigenvalue weighted by molar-refractivity contribution is 0.206. The minimum absolute atomic E-state index is 0.574. The van der Waals surface area contributed by atoms with E-state index in [9.17, 15) is 0 Å². The van der Waals surface area contributed by atoms with Crippen LogP contribution in [-0.2, 0) is 6.54 Å². The lowest BCUT2D eigenvalue weighted by Gasteiger charge is -2.34. The Kier molecular flexibility index (Phi) is 4.09. The van der Waals surface area contributed by atoms with Gasteiger partial charge in [-0.1, -0.05) is 13.8 Å². The summed E-state index contributed by atoms with van der Waals surface area (Å²) < 4.78 is 1.21. The summed E-state index contributed by atoms with van der Waals surface area (Å²) in [6.45, 7) is 5.81. The molecule has 1 N–H and O–H groups in total. The van der Waals surface area contributed by atoms with Crippen LogP contribution in [-0.4, -0.2) is 6.04 Å². The van der Waals surface area contributed by atoms with Gasteiger partial charge >= 0.3 is 0 Å². The highest BCUT2D eigenvalue weighted by Gasteiger charge is 2.26. The summed E-state index contributed by atoms with van der Waals surface area (Å²) in [5, 5.41) is 5.83. The second-order valence-corrected chi connectivity index (χ2v) is 7.46. The van der Waals surface area contributed by atoms with Gasteiger partial charge in [0.2, 0.25) is 0 Å². The van der Waals surface area contributed by atoms with Crippen LogP contribution in [0.5, 0.6) is 0 Å². The fourth-order valence-electron chi connectivity index (χ4n) is 2.29. The summed E-state index contributed by atoms with van der Waals surface area (Å²) in [5.41, 5.74) is 0.574. The Morgan fingerprint density at radius 1 is 1.44 bits per heavy atom. The van der Waals surface area contributed by atoms with E-state index >= 15 is 0 Å². The van der Waals surface area contributed by atoms with Crippen LogP contribution >= 0.6 is 27.3 Å². The van der Waals surface area contributed by atoms with Gasteiger partial charge in [0.1, 0.15) is 0 Å². The van der Waals surface area contributed by atoms with Crippen molar-refractivity contribution in [2.24, 2.45) is 5.41 Å². The van der Waals surface area contributed by atoms with Gasteiger partial charge in [0.25, 0.3) is 0 Å². The van der Waals surface area contributed by atoms with Crippen LogP contribution in [0.15, 0.2) is 15.9 Å². The standard InChI is InChI=1S/C13H20BrNS/c1-13(2)5-3-11(4-6-13)15-8-12-7-10(14)9-16-12/h7,9,11,15H,3-6,8H2,1-2H3. The predicted octanol–water partition coefficient (Wildman–Crippen LogP) is 4.57. The van der Waals surface area contributed by atoms with Gasteiger partial charge in [-0.2, -0.15) is 0 Å². The second-order valence-electron chi connectivity index (χ2n) is 5.55. The molecule has 0 bridgehead atoms. The number of nitrogens with one attached hydrogen (secondary N) is 1. The van der Waals surface area contributed by atoms with Crippen LogP contribution in [0.1, 0.15) is 44.4 Å².